The summed E-state index contributed by atoms with van der Waals surface area (Å²) in [5, 5.41) is 10.6. The van der Waals surface area contributed by atoms with Crippen molar-refractivity contribution < 1.29 is 9.90 Å². The SMILES string of the molecule is O=C(N1CCSCC1)N1C[C@H]2CC34CCC1C2C31CCN(C2CCC2)C4Cc2ccc(O)cc21. The highest BCUT2D eigenvalue weighted by Gasteiger charge is 2.76. The molecule has 6 fully saturated rings. The summed E-state index contributed by atoms with van der Waals surface area (Å²) in [6, 6.07) is 8.45. The van der Waals surface area contributed by atoms with E-state index in [0.717, 1.165) is 43.6 Å². The van der Waals surface area contributed by atoms with Crippen LogP contribution in [0.4, 0.5) is 4.79 Å². The number of rotatable bonds is 1. The summed E-state index contributed by atoms with van der Waals surface area (Å²) in [4.78, 5) is 21.1. The molecule has 3 aliphatic heterocycles. The number of amides is 2. The molecule has 6 atom stereocenters. The second kappa shape index (κ2) is 7.09. The van der Waals surface area contributed by atoms with E-state index in [-0.39, 0.29) is 5.41 Å². The Morgan fingerprint density at radius 2 is 1.94 bits per heavy atom. The zero-order valence-corrected chi connectivity index (χ0v) is 20.9. The molecule has 7 aliphatic rings. The number of piperidine rings is 1. The highest BCUT2D eigenvalue weighted by molar-refractivity contribution is 7.99. The molecule has 8 rings (SSSR count). The van der Waals surface area contributed by atoms with Crippen LogP contribution in [0.3, 0.4) is 0 Å². The van der Waals surface area contributed by atoms with Crippen molar-refractivity contribution in [2.45, 2.75) is 74.9 Å². The standard InChI is InChI=1S/C28H37N3O2S/c32-21-5-4-18-14-24-27-7-6-23-25(19(16-27)17-31(23)26(33)29-10-12-34-13-11-29)28(27,22(18)15-21)8-9-30(24)20-2-1-3-20/h4-5,15,19-20,23-25,32H,1-3,6-14,16-17H2/t19-,23?,24?,25?,27?,28?/m1/s1. The molecule has 3 saturated carbocycles. The number of carbonyl (C=O) groups is 1. The first-order chi connectivity index (χ1) is 16.6. The average Bonchev–Trinajstić information content (AvgIpc) is 3.26. The lowest BCUT2D eigenvalue weighted by Gasteiger charge is -2.68. The van der Waals surface area contributed by atoms with Gasteiger partial charge in [-0.15, -0.1) is 0 Å². The first-order valence-electron chi connectivity index (χ1n) is 13.8. The number of likely N-dealkylation sites (tertiary alicyclic amines) is 2. The van der Waals surface area contributed by atoms with Gasteiger partial charge in [0, 0.05) is 54.7 Å². The second-order valence-electron chi connectivity index (χ2n) is 12.4. The summed E-state index contributed by atoms with van der Waals surface area (Å²) in [5.41, 5.74) is 3.44. The number of hydrogen-bond donors (Lipinski definition) is 1. The lowest BCUT2D eigenvalue weighted by molar-refractivity contribution is -0.123. The number of urea groups is 1. The summed E-state index contributed by atoms with van der Waals surface area (Å²) < 4.78 is 0. The fourth-order valence-corrected chi connectivity index (χ4v) is 11.2. The largest absolute Gasteiger partial charge is 0.508 e. The van der Waals surface area contributed by atoms with E-state index in [0.29, 0.717) is 41.1 Å². The maximum absolute atomic E-state index is 13.7. The van der Waals surface area contributed by atoms with Crippen LogP contribution in [-0.4, -0.2) is 81.6 Å². The van der Waals surface area contributed by atoms with Crippen LogP contribution in [-0.2, 0) is 11.8 Å². The summed E-state index contributed by atoms with van der Waals surface area (Å²) in [5.74, 6) is 3.77. The van der Waals surface area contributed by atoms with Gasteiger partial charge in [-0.25, -0.2) is 4.79 Å². The number of fused-ring (bicyclic) bond motifs is 1. The topological polar surface area (TPSA) is 47.0 Å². The fourth-order valence-electron chi connectivity index (χ4n) is 10.3. The van der Waals surface area contributed by atoms with Crippen LogP contribution < -0.4 is 0 Å². The predicted molar refractivity (Wildman–Crippen MR) is 134 cm³/mol. The molecule has 1 aromatic rings. The van der Waals surface area contributed by atoms with Gasteiger partial charge in [0.1, 0.15) is 5.75 Å². The van der Waals surface area contributed by atoms with E-state index in [1.807, 2.05) is 17.8 Å². The minimum absolute atomic E-state index is 0.143. The quantitative estimate of drug-likeness (QED) is 0.659. The molecule has 182 valence electrons. The summed E-state index contributed by atoms with van der Waals surface area (Å²) in [7, 11) is 0. The Kier molecular flexibility index (Phi) is 4.33. The van der Waals surface area contributed by atoms with Crippen molar-refractivity contribution >= 4 is 17.8 Å². The molecule has 0 spiro atoms. The van der Waals surface area contributed by atoms with Crippen LogP contribution >= 0.6 is 11.8 Å². The number of aromatic hydroxyl groups is 1. The Balaban J connectivity index is 1.23. The second-order valence-corrected chi connectivity index (χ2v) is 13.6. The van der Waals surface area contributed by atoms with Crippen LogP contribution in [0.5, 0.6) is 5.75 Å². The molecular weight excluding hydrogens is 442 g/mol. The van der Waals surface area contributed by atoms with Gasteiger partial charge in [-0.05, 0) is 92.0 Å². The summed E-state index contributed by atoms with van der Waals surface area (Å²) in [6.45, 7) is 3.99. The van der Waals surface area contributed by atoms with Gasteiger partial charge in [0.25, 0.3) is 0 Å². The molecule has 5 unspecified atom stereocenters. The van der Waals surface area contributed by atoms with Crippen LogP contribution in [0.2, 0.25) is 0 Å². The predicted octanol–water partition coefficient (Wildman–Crippen LogP) is 4.08. The number of thioether (sulfide) groups is 1. The third-order valence-corrected chi connectivity index (χ3v) is 12.5. The normalized spacial score (nSPS) is 42.8. The molecule has 5 nitrogen and oxygen atoms in total. The maximum Gasteiger partial charge on any atom is 0.320 e. The molecule has 4 aliphatic carbocycles. The van der Waals surface area contributed by atoms with Crippen LogP contribution in [0, 0.1) is 17.3 Å². The van der Waals surface area contributed by atoms with E-state index in [9.17, 15) is 9.90 Å². The van der Waals surface area contributed by atoms with Gasteiger partial charge in [0.15, 0.2) is 0 Å². The molecule has 34 heavy (non-hydrogen) atoms. The maximum atomic E-state index is 13.7. The molecule has 4 bridgehead atoms. The van der Waals surface area contributed by atoms with E-state index in [4.69, 9.17) is 0 Å². The van der Waals surface area contributed by atoms with Gasteiger partial charge in [-0.2, -0.15) is 11.8 Å². The van der Waals surface area contributed by atoms with Crippen LogP contribution in [0.15, 0.2) is 18.2 Å². The number of carbonyl (C=O) groups excluding carboxylic acids is 1. The number of phenolic OH excluding ortho intramolecular Hbond substituents is 1. The van der Waals surface area contributed by atoms with E-state index >= 15 is 0 Å². The Hall–Kier alpha value is -1.40. The highest BCUT2D eigenvalue weighted by atomic mass is 32.2. The molecule has 3 saturated heterocycles. The molecule has 6 heteroatoms. The fraction of sp³-hybridized carbons (Fsp3) is 0.750. The Labute approximate surface area is 207 Å². The Bertz CT molecular complexity index is 1040. The summed E-state index contributed by atoms with van der Waals surface area (Å²) in [6.07, 6.45) is 10.3. The first kappa shape index (κ1) is 20.8. The van der Waals surface area contributed by atoms with E-state index in [1.165, 1.54) is 62.6 Å². The average molecular weight is 480 g/mol. The number of benzene rings is 1. The van der Waals surface area contributed by atoms with Gasteiger partial charge < -0.3 is 14.9 Å². The molecule has 0 radical (unpaired) electrons. The minimum Gasteiger partial charge on any atom is -0.508 e. The number of hydrogen-bond acceptors (Lipinski definition) is 4. The van der Waals surface area contributed by atoms with Crippen LogP contribution in [0.25, 0.3) is 0 Å². The summed E-state index contributed by atoms with van der Waals surface area (Å²) >= 11 is 1.98. The third-order valence-electron chi connectivity index (χ3n) is 11.6. The monoisotopic (exact) mass is 479 g/mol. The smallest absolute Gasteiger partial charge is 0.320 e. The molecular formula is C28H37N3O2S. The van der Waals surface area contributed by atoms with E-state index in [2.05, 4.69) is 26.8 Å². The molecule has 3 heterocycles. The number of phenols is 1. The van der Waals surface area contributed by atoms with Crippen molar-refractivity contribution in [3.63, 3.8) is 0 Å². The van der Waals surface area contributed by atoms with Gasteiger partial charge in [-0.1, -0.05) is 12.5 Å². The van der Waals surface area contributed by atoms with Gasteiger partial charge in [-0.3, -0.25) is 4.90 Å². The van der Waals surface area contributed by atoms with Crippen molar-refractivity contribution in [3.8, 4) is 5.75 Å². The third kappa shape index (κ3) is 2.40. The van der Waals surface area contributed by atoms with Gasteiger partial charge >= 0.3 is 6.03 Å². The van der Waals surface area contributed by atoms with Crippen molar-refractivity contribution in [2.24, 2.45) is 17.3 Å². The lowest BCUT2D eigenvalue weighted by Crippen LogP contribution is -2.71. The van der Waals surface area contributed by atoms with Crippen molar-refractivity contribution in [3.05, 3.63) is 29.3 Å². The minimum atomic E-state index is 0.143. The van der Waals surface area contributed by atoms with Crippen molar-refractivity contribution in [1.29, 1.82) is 0 Å². The first-order valence-corrected chi connectivity index (χ1v) is 15.0. The molecule has 1 N–H and O–H groups in total. The molecule has 2 amide bonds. The van der Waals surface area contributed by atoms with E-state index in [1.54, 1.807) is 0 Å². The van der Waals surface area contributed by atoms with Crippen LogP contribution in [0.1, 0.15) is 56.1 Å². The van der Waals surface area contributed by atoms with Gasteiger partial charge in [0.2, 0.25) is 0 Å². The zero-order valence-electron chi connectivity index (χ0n) is 20.1. The van der Waals surface area contributed by atoms with Crippen molar-refractivity contribution in [2.75, 3.05) is 37.7 Å². The number of nitrogens with zero attached hydrogens (tertiary/aromatic N) is 3. The van der Waals surface area contributed by atoms with Crippen molar-refractivity contribution in [1.82, 2.24) is 14.7 Å². The zero-order chi connectivity index (χ0) is 22.7. The Morgan fingerprint density at radius 1 is 1.09 bits per heavy atom. The molecule has 0 aromatic heterocycles. The van der Waals surface area contributed by atoms with Gasteiger partial charge in [0.05, 0.1) is 0 Å². The van der Waals surface area contributed by atoms with E-state index < -0.39 is 0 Å². The lowest BCUT2D eigenvalue weighted by atomic mass is 9.43. The highest BCUT2D eigenvalue weighted by Crippen LogP contribution is 2.75. The Morgan fingerprint density at radius 3 is 2.74 bits per heavy atom. The molecule has 1 aromatic carbocycles.